The minimum absolute atomic E-state index is 0.135. The summed E-state index contributed by atoms with van der Waals surface area (Å²) >= 11 is 1.73. The van der Waals surface area contributed by atoms with Gasteiger partial charge in [0.05, 0.1) is 11.0 Å². The van der Waals surface area contributed by atoms with Crippen LogP contribution in [0.4, 0.5) is 0 Å². The molecule has 2 heterocycles. The van der Waals surface area contributed by atoms with Gasteiger partial charge in [0, 0.05) is 31.1 Å². The number of aromatic nitrogens is 4. The predicted molar refractivity (Wildman–Crippen MR) is 113 cm³/mol. The molecule has 0 fully saturated rings. The molecule has 8 heteroatoms. The van der Waals surface area contributed by atoms with Crippen LogP contribution in [0.2, 0.25) is 0 Å². The molecule has 0 saturated heterocycles. The van der Waals surface area contributed by atoms with E-state index in [0.29, 0.717) is 6.54 Å². The Hall–Kier alpha value is -2.74. The molecule has 1 unspecified atom stereocenters. The molecular formula is C20H27N7S. The molecule has 3 aromatic rings. The lowest BCUT2D eigenvalue weighted by Crippen LogP contribution is -2.39. The van der Waals surface area contributed by atoms with Crippen molar-refractivity contribution >= 4 is 17.3 Å². The van der Waals surface area contributed by atoms with Crippen molar-refractivity contribution in [3.05, 3.63) is 63.6 Å². The minimum Gasteiger partial charge on any atom is -0.356 e. The molecule has 0 spiro atoms. The van der Waals surface area contributed by atoms with Gasteiger partial charge >= 0.3 is 0 Å². The van der Waals surface area contributed by atoms with Crippen LogP contribution in [0, 0.1) is 13.8 Å². The van der Waals surface area contributed by atoms with Crippen molar-refractivity contribution in [2.75, 3.05) is 6.54 Å². The molecule has 0 aliphatic heterocycles. The topological polar surface area (TPSA) is 80.0 Å². The third-order valence-corrected chi connectivity index (χ3v) is 5.49. The summed E-state index contributed by atoms with van der Waals surface area (Å²) in [5, 5.41) is 16.3. The first kappa shape index (κ1) is 20.0. The van der Waals surface area contributed by atoms with Gasteiger partial charge in [-0.3, -0.25) is 0 Å². The van der Waals surface area contributed by atoms with E-state index in [1.54, 1.807) is 11.3 Å². The van der Waals surface area contributed by atoms with E-state index in [1.807, 2.05) is 42.9 Å². The summed E-state index contributed by atoms with van der Waals surface area (Å²) in [6, 6.07) is 10.5. The van der Waals surface area contributed by atoms with Gasteiger partial charge in [-0.1, -0.05) is 30.3 Å². The summed E-state index contributed by atoms with van der Waals surface area (Å²) in [7, 11) is 1.96. The molecule has 0 amide bonds. The first-order chi connectivity index (χ1) is 13.5. The molecule has 2 N–H and O–H groups in total. The Balaban J connectivity index is 1.67. The smallest absolute Gasteiger partial charge is 0.192 e. The number of aryl methyl sites for hydroxylation is 2. The van der Waals surface area contributed by atoms with Crippen molar-refractivity contribution in [1.29, 1.82) is 0 Å². The number of nitrogens with zero attached hydrogens (tertiary/aromatic N) is 5. The average Bonchev–Trinajstić information content (AvgIpc) is 3.26. The van der Waals surface area contributed by atoms with Gasteiger partial charge in [0.2, 0.25) is 0 Å². The zero-order valence-electron chi connectivity index (χ0n) is 16.8. The highest BCUT2D eigenvalue weighted by Crippen LogP contribution is 2.12. The van der Waals surface area contributed by atoms with E-state index in [9.17, 15) is 0 Å². The Kier molecular flexibility index (Phi) is 6.76. The van der Waals surface area contributed by atoms with Crippen LogP contribution >= 0.6 is 11.3 Å². The maximum absolute atomic E-state index is 4.72. The molecule has 0 aliphatic carbocycles. The minimum atomic E-state index is 0.135. The number of rotatable bonds is 7. The van der Waals surface area contributed by atoms with Gasteiger partial charge in [-0.05, 0) is 26.3 Å². The Labute approximate surface area is 170 Å². The van der Waals surface area contributed by atoms with Crippen molar-refractivity contribution in [3.8, 4) is 0 Å². The lowest BCUT2D eigenvalue weighted by atomic mass is 10.1. The van der Waals surface area contributed by atoms with E-state index in [0.717, 1.165) is 35.6 Å². The number of benzene rings is 1. The highest BCUT2D eigenvalue weighted by Gasteiger charge is 2.10. The molecule has 148 valence electrons. The highest BCUT2D eigenvalue weighted by molar-refractivity contribution is 7.11. The number of hydrogen-bond acceptors (Lipinski definition) is 5. The second-order valence-corrected chi connectivity index (χ2v) is 8.02. The molecule has 0 bridgehead atoms. The SMILES string of the molecule is Cc1cnc(CCNC(=NCc2nnc(C)n2C)NC(C)c2ccccc2)s1. The molecule has 1 atom stereocenters. The van der Waals surface area contributed by atoms with Crippen LogP contribution in [0.3, 0.4) is 0 Å². The van der Waals surface area contributed by atoms with Gasteiger partial charge in [-0.2, -0.15) is 0 Å². The lowest BCUT2D eigenvalue weighted by Gasteiger charge is -2.18. The summed E-state index contributed by atoms with van der Waals surface area (Å²) in [6.45, 7) is 7.37. The van der Waals surface area contributed by atoms with Gasteiger partial charge in [0.15, 0.2) is 11.8 Å². The van der Waals surface area contributed by atoms with Crippen molar-refractivity contribution in [2.45, 2.75) is 39.8 Å². The van der Waals surface area contributed by atoms with Crippen LogP contribution < -0.4 is 10.6 Å². The predicted octanol–water partition coefficient (Wildman–Crippen LogP) is 2.93. The summed E-state index contributed by atoms with van der Waals surface area (Å²) in [6.07, 6.45) is 2.78. The fraction of sp³-hybridized carbons (Fsp3) is 0.400. The summed E-state index contributed by atoms with van der Waals surface area (Å²) in [5.41, 5.74) is 1.21. The number of aliphatic imine (C=N–C) groups is 1. The van der Waals surface area contributed by atoms with E-state index in [4.69, 9.17) is 4.99 Å². The maximum atomic E-state index is 4.72. The summed E-state index contributed by atoms with van der Waals surface area (Å²) < 4.78 is 1.96. The fourth-order valence-electron chi connectivity index (χ4n) is 2.73. The van der Waals surface area contributed by atoms with Crippen molar-refractivity contribution < 1.29 is 0 Å². The standard InChI is InChI=1S/C20H27N7S/c1-14-12-22-19(28-14)10-11-21-20(23-13-18-26-25-16(3)27(18)4)24-15(2)17-8-6-5-7-9-17/h5-9,12,15H,10-11,13H2,1-4H3,(H2,21,23,24). The van der Waals surface area contributed by atoms with Crippen LogP contribution in [-0.4, -0.2) is 32.3 Å². The molecule has 3 rings (SSSR count). The van der Waals surface area contributed by atoms with Gasteiger partial charge in [-0.25, -0.2) is 9.98 Å². The van der Waals surface area contributed by atoms with Crippen LogP contribution in [0.25, 0.3) is 0 Å². The monoisotopic (exact) mass is 397 g/mol. The zero-order chi connectivity index (χ0) is 19.9. The lowest BCUT2D eigenvalue weighted by molar-refractivity contribution is 0.675. The Morgan fingerprint density at radius 2 is 2.00 bits per heavy atom. The van der Waals surface area contributed by atoms with Gasteiger partial charge in [0.1, 0.15) is 12.4 Å². The first-order valence-electron chi connectivity index (χ1n) is 9.39. The molecule has 2 aromatic heterocycles. The number of guanidine groups is 1. The third-order valence-electron chi connectivity index (χ3n) is 4.51. The quantitative estimate of drug-likeness (QED) is 0.473. The largest absolute Gasteiger partial charge is 0.356 e. The van der Waals surface area contributed by atoms with Gasteiger partial charge in [0.25, 0.3) is 0 Å². The van der Waals surface area contributed by atoms with Crippen LogP contribution in [0.15, 0.2) is 41.5 Å². The van der Waals surface area contributed by atoms with Gasteiger partial charge in [-0.15, -0.1) is 21.5 Å². The van der Waals surface area contributed by atoms with Crippen LogP contribution in [0.1, 0.15) is 40.1 Å². The van der Waals surface area contributed by atoms with Gasteiger partial charge < -0.3 is 15.2 Å². The van der Waals surface area contributed by atoms with Crippen molar-refractivity contribution in [3.63, 3.8) is 0 Å². The molecule has 1 aromatic carbocycles. The van der Waals surface area contributed by atoms with E-state index in [1.165, 1.54) is 10.4 Å². The van der Waals surface area contributed by atoms with Crippen LogP contribution in [0.5, 0.6) is 0 Å². The first-order valence-corrected chi connectivity index (χ1v) is 10.2. The Bertz CT molecular complexity index is 914. The second kappa shape index (κ2) is 9.45. The second-order valence-electron chi connectivity index (χ2n) is 6.71. The van der Waals surface area contributed by atoms with Crippen molar-refractivity contribution in [1.82, 2.24) is 30.4 Å². The number of nitrogens with one attached hydrogen (secondary N) is 2. The molecular weight excluding hydrogens is 370 g/mol. The zero-order valence-corrected chi connectivity index (χ0v) is 17.6. The summed E-state index contributed by atoms with van der Waals surface area (Å²) in [5.74, 6) is 2.47. The van der Waals surface area contributed by atoms with E-state index >= 15 is 0 Å². The highest BCUT2D eigenvalue weighted by atomic mass is 32.1. The van der Waals surface area contributed by atoms with E-state index in [2.05, 4.69) is 51.8 Å². The molecule has 0 saturated carbocycles. The van der Waals surface area contributed by atoms with Crippen LogP contribution in [-0.2, 0) is 20.0 Å². The average molecular weight is 398 g/mol. The number of thiazole rings is 1. The van der Waals surface area contributed by atoms with Crippen molar-refractivity contribution in [2.24, 2.45) is 12.0 Å². The molecule has 28 heavy (non-hydrogen) atoms. The fourth-order valence-corrected chi connectivity index (χ4v) is 3.51. The molecule has 0 radical (unpaired) electrons. The Morgan fingerprint density at radius 1 is 1.21 bits per heavy atom. The van der Waals surface area contributed by atoms with E-state index < -0.39 is 0 Å². The number of hydrogen-bond donors (Lipinski definition) is 2. The van der Waals surface area contributed by atoms with E-state index in [-0.39, 0.29) is 6.04 Å². The molecule has 0 aliphatic rings. The summed E-state index contributed by atoms with van der Waals surface area (Å²) in [4.78, 5) is 10.4. The normalized spacial score (nSPS) is 12.8. The maximum Gasteiger partial charge on any atom is 0.192 e. The third kappa shape index (κ3) is 5.39. The molecule has 7 nitrogen and oxygen atoms in total. The Morgan fingerprint density at radius 3 is 2.64 bits per heavy atom.